The molecule has 138 valence electrons. The number of H-pyrrole nitrogens is 1. The Morgan fingerprint density at radius 3 is 3.07 bits per heavy atom. The van der Waals surface area contributed by atoms with Gasteiger partial charge in [-0.05, 0) is 49.2 Å². The number of nitrogens with zero attached hydrogens (tertiary/aromatic N) is 3. The summed E-state index contributed by atoms with van der Waals surface area (Å²) in [6.07, 6.45) is 8.30. The average Bonchev–Trinajstić information content (AvgIpc) is 3.31. The fraction of sp³-hybridized carbons (Fsp3) is 0.333. The number of pyridine rings is 1. The third-order valence-electron chi connectivity index (χ3n) is 5.49. The minimum absolute atomic E-state index is 0.593. The molecular formula is C21H23N5O. The molecule has 0 saturated carbocycles. The van der Waals surface area contributed by atoms with Crippen molar-refractivity contribution in [3.63, 3.8) is 0 Å². The van der Waals surface area contributed by atoms with Gasteiger partial charge in [0.1, 0.15) is 5.75 Å². The Hall–Kier alpha value is -2.86. The first kappa shape index (κ1) is 16.3. The molecule has 5 rings (SSSR count). The van der Waals surface area contributed by atoms with Gasteiger partial charge >= 0.3 is 0 Å². The molecule has 0 spiro atoms. The summed E-state index contributed by atoms with van der Waals surface area (Å²) in [5.41, 5.74) is 4.30. The largest absolute Gasteiger partial charge is 0.493 e. The van der Waals surface area contributed by atoms with Crippen LogP contribution in [0, 0.1) is 5.92 Å². The maximum absolute atomic E-state index is 6.15. The maximum atomic E-state index is 6.15. The van der Waals surface area contributed by atoms with Crippen LogP contribution in [-0.2, 0) is 7.05 Å². The van der Waals surface area contributed by atoms with Crippen molar-refractivity contribution in [2.75, 3.05) is 19.7 Å². The molecule has 1 aliphatic rings. The van der Waals surface area contributed by atoms with Gasteiger partial charge in [-0.2, -0.15) is 5.10 Å². The molecular weight excluding hydrogens is 338 g/mol. The van der Waals surface area contributed by atoms with Crippen LogP contribution in [0.5, 0.6) is 5.75 Å². The van der Waals surface area contributed by atoms with Crippen molar-refractivity contribution in [1.29, 1.82) is 0 Å². The molecule has 27 heavy (non-hydrogen) atoms. The van der Waals surface area contributed by atoms with Gasteiger partial charge in [0.05, 0.1) is 12.8 Å². The quantitative estimate of drug-likeness (QED) is 0.584. The summed E-state index contributed by atoms with van der Waals surface area (Å²) in [7, 11) is 2.08. The molecule has 6 heteroatoms. The number of aromatic amines is 1. The van der Waals surface area contributed by atoms with E-state index in [0.29, 0.717) is 5.92 Å². The zero-order chi connectivity index (χ0) is 18.2. The lowest BCUT2D eigenvalue weighted by atomic mass is 10.0. The number of fused-ring (bicyclic) bond motifs is 2. The fourth-order valence-corrected chi connectivity index (χ4v) is 4.04. The Kier molecular flexibility index (Phi) is 4.05. The number of hydrogen-bond acceptors (Lipinski definition) is 4. The minimum Gasteiger partial charge on any atom is -0.493 e. The molecule has 1 aliphatic heterocycles. The Balaban J connectivity index is 1.52. The minimum atomic E-state index is 0.593. The van der Waals surface area contributed by atoms with Crippen LogP contribution in [0.2, 0.25) is 0 Å². The van der Waals surface area contributed by atoms with Gasteiger partial charge in [0.2, 0.25) is 0 Å². The first-order valence-corrected chi connectivity index (χ1v) is 9.50. The van der Waals surface area contributed by atoms with Crippen LogP contribution < -0.4 is 10.1 Å². The monoisotopic (exact) mass is 361 g/mol. The average molecular weight is 361 g/mol. The number of piperidine rings is 1. The van der Waals surface area contributed by atoms with Gasteiger partial charge in [-0.15, -0.1) is 0 Å². The van der Waals surface area contributed by atoms with Crippen LogP contribution in [0.4, 0.5) is 0 Å². The van der Waals surface area contributed by atoms with Crippen molar-refractivity contribution >= 4 is 21.9 Å². The second-order valence-corrected chi connectivity index (χ2v) is 7.35. The number of benzene rings is 1. The van der Waals surface area contributed by atoms with E-state index >= 15 is 0 Å². The Morgan fingerprint density at radius 1 is 1.22 bits per heavy atom. The third kappa shape index (κ3) is 2.96. The normalized spacial score (nSPS) is 17.6. The summed E-state index contributed by atoms with van der Waals surface area (Å²) in [5.74, 6) is 1.52. The van der Waals surface area contributed by atoms with Crippen molar-refractivity contribution < 1.29 is 4.74 Å². The first-order valence-electron chi connectivity index (χ1n) is 9.50. The Bertz CT molecular complexity index is 1090. The van der Waals surface area contributed by atoms with E-state index in [0.717, 1.165) is 42.0 Å². The van der Waals surface area contributed by atoms with Crippen LogP contribution in [-0.4, -0.2) is 39.4 Å². The molecule has 1 atom stereocenters. The predicted molar refractivity (Wildman–Crippen MR) is 107 cm³/mol. The smallest absolute Gasteiger partial charge is 0.155 e. The second-order valence-electron chi connectivity index (χ2n) is 7.35. The summed E-state index contributed by atoms with van der Waals surface area (Å²) in [4.78, 5) is 4.36. The molecule has 4 heterocycles. The Morgan fingerprint density at radius 2 is 2.19 bits per heavy atom. The summed E-state index contributed by atoms with van der Waals surface area (Å²) in [5, 5.41) is 12.8. The van der Waals surface area contributed by atoms with Gasteiger partial charge in [0.25, 0.3) is 0 Å². The van der Waals surface area contributed by atoms with Crippen LogP contribution in [0.25, 0.3) is 33.1 Å². The first-order chi connectivity index (χ1) is 13.3. The molecule has 2 N–H and O–H groups in total. The number of aromatic nitrogens is 4. The molecule has 0 radical (unpaired) electrons. The zero-order valence-corrected chi connectivity index (χ0v) is 15.4. The lowest BCUT2D eigenvalue weighted by Gasteiger charge is -2.22. The molecule has 1 aromatic carbocycles. The summed E-state index contributed by atoms with van der Waals surface area (Å²) < 4.78 is 8.30. The van der Waals surface area contributed by atoms with E-state index in [1.54, 1.807) is 0 Å². The molecule has 1 saturated heterocycles. The van der Waals surface area contributed by atoms with Gasteiger partial charge in [-0.1, -0.05) is 0 Å². The molecule has 3 aromatic heterocycles. The number of nitrogens with one attached hydrogen (secondary N) is 2. The molecule has 0 amide bonds. The van der Waals surface area contributed by atoms with E-state index < -0.39 is 0 Å². The highest BCUT2D eigenvalue weighted by Gasteiger charge is 2.16. The highest BCUT2D eigenvalue weighted by Crippen LogP contribution is 2.35. The van der Waals surface area contributed by atoms with E-state index in [1.165, 1.54) is 29.3 Å². The number of rotatable bonds is 4. The van der Waals surface area contributed by atoms with Crippen LogP contribution in [0.1, 0.15) is 12.8 Å². The van der Waals surface area contributed by atoms with E-state index in [1.807, 2.05) is 18.5 Å². The highest BCUT2D eigenvalue weighted by molar-refractivity contribution is 6.03. The van der Waals surface area contributed by atoms with Crippen molar-refractivity contribution in [1.82, 2.24) is 25.1 Å². The SMILES string of the molecule is Cn1cc(-c2ccnc3[nH]ncc23)c2cc(OCC3CCCNC3)ccc21. The highest BCUT2D eigenvalue weighted by atomic mass is 16.5. The van der Waals surface area contributed by atoms with Crippen molar-refractivity contribution in [2.45, 2.75) is 12.8 Å². The number of aryl methyl sites for hydroxylation is 1. The second kappa shape index (κ2) is 6.70. The fourth-order valence-electron chi connectivity index (χ4n) is 4.04. The van der Waals surface area contributed by atoms with Crippen LogP contribution >= 0.6 is 0 Å². The zero-order valence-electron chi connectivity index (χ0n) is 15.4. The lowest BCUT2D eigenvalue weighted by molar-refractivity contribution is 0.218. The van der Waals surface area contributed by atoms with E-state index in [9.17, 15) is 0 Å². The molecule has 1 unspecified atom stereocenters. The van der Waals surface area contributed by atoms with Crippen molar-refractivity contribution in [3.05, 3.63) is 42.9 Å². The standard InChI is InChI=1S/C21H23N5O/c1-26-12-19(16-6-8-23-21-18(16)11-24-25-21)17-9-15(4-5-20(17)26)27-13-14-3-2-7-22-10-14/h4-6,8-9,11-12,14,22H,2-3,7,10,13H2,1H3,(H,23,24,25). The number of hydrogen-bond donors (Lipinski definition) is 2. The van der Waals surface area contributed by atoms with Gasteiger partial charge in [-0.25, -0.2) is 4.98 Å². The van der Waals surface area contributed by atoms with E-state index in [4.69, 9.17) is 4.74 Å². The molecule has 4 aromatic rings. The van der Waals surface area contributed by atoms with Crippen molar-refractivity contribution in [2.24, 2.45) is 13.0 Å². The summed E-state index contributed by atoms with van der Waals surface area (Å²) >= 11 is 0. The summed E-state index contributed by atoms with van der Waals surface area (Å²) in [6, 6.07) is 8.42. The van der Waals surface area contributed by atoms with Crippen LogP contribution in [0.15, 0.2) is 42.9 Å². The molecule has 0 aliphatic carbocycles. The predicted octanol–water partition coefficient (Wildman–Crippen LogP) is 3.50. The van der Waals surface area contributed by atoms with Crippen molar-refractivity contribution in [3.8, 4) is 16.9 Å². The topological polar surface area (TPSA) is 67.8 Å². The van der Waals surface area contributed by atoms with Gasteiger partial charge in [0, 0.05) is 53.8 Å². The Labute approximate surface area is 157 Å². The molecule has 0 bridgehead atoms. The van der Waals surface area contributed by atoms with Gasteiger partial charge in [0.15, 0.2) is 5.65 Å². The third-order valence-corrected chi connectivity index (χ3v) is 5.49. The van der Waals surface area contributed by atoms with Crippen LogP contribution in [0.3, 0.4) is 0 Å². The molecule has 1 fully saturated rings. The number of ether oxygens (including phenoxy) is 1. The van der Waals surface area contributed by atoms with Gasteiger partial charge in [-0.3, -0.25) is 5.10 Å². The lowest BCUT2D eigenvalue weighted by Crippen LogP contribution is -2.33. The molecule has 6 nitrogen and oxygen atoms in total. The summed E-state index contributed by atoms with van der Waals surface area (Å²) in [6.45, 7) is 2.94. The van der Waals surface area contributed by atoms with E-state index in [2.05, 4.69) is 56.5 Å². The van der Waals surface area contributed by atoms with E-state index in [-0.39, 0.29) is 0 Å². The maximum Gasteiger partial charge on any atom is 0.155 e. The van der Waals surface area contributed by atoms with Gasteiger partial charge < -0.3 is 14.6 Å².